The van der Waals surface area contributed by atoms with Gasteiger partial charge in [-0.25, -0.2) is 4.79 Å². The van der Waals surface area contributed by atoms with Crippen molar-refractivity contribution >= 4 is 23.4 Å². The fourth-order valence-corrected chi connectivity index (χ4v) is 3.08. The zero-order valence-electron chi connectivity index (χ0n) is 11.5. The van der Waals surface area contributed by atoms with Gasteiger partial charge in [-0.1, -0.05) is 30.0 Å². The summed E-state index contributed by atoms with van der Waals surface area (Å²) >= 11 is 1.12. The Morgan fingerprint density at radius 2 is 1.95 bits per heavy atom. The Morgan fingerprint density at radius 3 is 2.57 bits per heavy atom. The van der Waals surface area contributed by atoms with Crippen molar-refractivity contribution in [3.63, 3.8) is 0 Å². The molecule has 0 fully saturated rings. The first-order chi connectivity index (χ1) is 9.90. The van der Waals surface area contributed by atoms with Gasteiger partial charge in [-0.15, -0.1) is 0 Å². The maximum absolute atomic E-state index is 11.3. The van der Waals surface area contributed by atoms with Crippen LogP contribution >= 0.6 is 11.8 Å². The van der Waals surface area contributed by atoms with Gasteiger partial charge in [0, 0.05) is 11.0 Å². The van der Waals surface area contributed by atoms with Crippen LogP contribution in [0.15, 0.2) is 46.2 Å². The molecule has 0 aromatic heterocycles. The Bertz CT molecular complexity index is 695. The molecule has 2 aromatic carbocycles. The molecule has 5 nitrogen and oxygen atoms in total. The van der Waals surface area contributed by atoms with E-state index in [0.717, 1.165) is 27.8 Å². The van der Waals surface area contributed by atoms with Crippen LogP contribution in [0.3, 0.4) is 0 Å². The van der Waals surface area contributed by atoms with Gasteiger partial charge >= 0.3 is 5.97 Å². The van der Waals surface area contributed by atoms with Gasteiger partial charge in [-0.3, -0.25) is 10.1 Å². The average Bonchev–Trinajstić information content (AvgIpc) is 2.42. The Morgan fingerprint density at radius 1 is 1.24 bits per heavy atom. The summed E-state index contributed by atoms with van der Waals surface area (Å²) in [4.78, 5) is 22.9. The molecule has 0 saturated heterocycles. The highest BCUT2D eigenvalue weighted by Crippen LogP contribution is 2.39. The summed E-state index contributed by atoms with van der Waals surface area (Å²) in [6.07, 6.45) is 0. The third-order valence-corrected chi connectivity index (χ3v) is 4.27. The van der Waals surface area contributed by atoms with Crippen LogP contribution in [-0.4, -0.2) is 16.0 Å². The van der Waals surface area contributed by atoms with Crippen LogP contribution in [0.4, 0.5) is 5.69 Å². The molecule has 0 saturated carbocycles. The van der Waals surface area contributed by atoms with Gasteiger partial charge < -0.3 is 5.11 Å². The van der Waals surface area contributed by atoms with E-state index in [1.54, 1.807) is 0 Å². The number of nitro benzene ring substituents is 1. The summed E-state index contributed by atoms with van der Waals surface area (Å²) in [5, 5.41) is 20.4. The third-order valence-electron chi connectivity index (χ3n) is 2.98. The number of hydrogen-bond donors (Lipinski definition) is 1. The van der Waals surface area contributed by atoms with Gasteiger partial charge in [0.2, 0.25) is 0 Å². The molecule has 0 heterocycles. The predicted molar refractivity (Wildman–Crippen MR) is 80.1 cm³/mol. The number of benzene rings is 2. The van der Waals surface area contributed by atoms with E-state index >= 15 is 0 Å². The standard InChI is InChI=1S/C15H13NO4S/c1-9-6-7-10(2)13(8-9)21-14-11(15(17)18)4-3-5-12(14)16(19)20/h3-8H,1-2H3,(H,17,18). The van der Waals surface area contributed by atoms with E-state index in [9.17, 15) is 20.0 Å². The number of nitro groups is 1. The molecule has 0 unspecified atom stereocenters. The highest BCUT2D eigenvalue weighted by molar-refractivity contribution is 7.99. The van der Waals surface area contributed by atoms with Crippen LogP contribution in [-0.2, 0) is 0 Å². The fourth-order valence-electron chi connectivity index (χ4n) is 1.87. The summed E-state index contributed by atoms with van der Waals surface area (Å²) in [5.74, 6) is -1.17. The van der Waals surface area contributed by atoms with Crippen LogP contribution in [0.5, 0.6) is 0 Å². The Balaban J connectivity index is 2.59. The molecular weight excluding hydrogens is 290 g/mol. The number of hydrogen-bond acceptors (Lipinski definition) is 4. The molecule has 21 heavy (non-hydrogen) atoms. The van der Waals surface area contributed by atoms with Crippen LogP contribution < -0.4 is 0 Å². The van der Waals surface area contributed by atoms with E-state index < -0.39 is 10.9 Å². The maximum atomic E-state index is 11.3. The quantitative estimate of drug-likeness (QED) is 0.680. The second-order valence-corrected chi connectivity index (χ2v) is 5.64. The maximum Gasteiger partial charge on any atom is 0.337 e. The van der Waals surface area contributed by atoms with Gasteiger partial charge in [0.25, 0.3) is 5.69 Å². The van der Waals surface area contributed by atoms with Crippen molar-refractivity contribution in [1.82, 2.24) is 0 Å². The van der Waals surface area contributed by atoms with E-state index in [4.69, 9.17) is 0 Å². The van der Waals surface area contributed by atoms with Crippen molar-refractivity contribution < 1.29 is 14.8 Å². The van der Waals surface area contributed by atoms with Crippen LogP contribution in [0.1, 0.15) is 21.5 Å². The lowest BCUT2D eigenvalue weighted by atomic mass is 10.2. The molecule has 2 aromatic rings. The van der Waals surface area contributed by atoms with E-state index in [2.05, 4.69) is 0 Å². The lowest BCUT2D eigenvalue weighted by Gasteiger charge is -2.09. The van der Waals surface area contributed by atoms with Crippen LogP contribution in [0, 0.1) is 24.0 Å². The van der Waals surface area contributed by atoms with Crippen molar-refractivity contribution in [3.8, 4) is 0 Å². The first-order valence-electron chi connectivity index (χ1n) is 6.16. The monoisotopic (exact) mass is 303 g/mol. The second kappa shape index (κ2) is 5.97. The van der Waals surface area contributed by atoms with Gasteiger partial charge in [0.05, 0.1) is 10.5 Å². The number of carboxylic acid groups (broad SMARTS) is 1. The number of aryl methyl sites for hydroxylation is 2. The molecule has 0 aliphatic heterocycles. The smallest absolute Gasteiger partial charge is 0.337 e. The summed E-state index contributed by atoms with van der Waals surface area (Å²) in [6.45, 7) is 3.80. The summed E-state index contributed by atoms with van der Waals surface area (Å²) in [7, 11) is 0. The lowest BCUT2D eigenvalue weighted by molar-refractivity contribution is -0.387. The SMILES string of the molecule is Cc1ccc(C)c(Sc2c(C(=O)O)cccc2[N+](=O)[O-])c1. The molecule has 0 bridgehead atoms. The number of rotatable bonds is 4. The Labute approximate surface area is 125 Å². The van der Waals surface area contributed by atoms with Gasteiger partial charge in [-0.2, -0.15) is 0 Å². The topological polar surface area (TPSA) is 80.4 Å². The molecule has 0 spiro atoms. The first-order valence-corrected chi connectivity index (χ1v) is 6.97. The lowest BCUT2D eigenvalue weighted by Crippen LogP contribution is -2.02. The number of nitrogens with zero attached hydrogens (tertiary/aromatic N) is 1. The minimum atomic E-state index is -1.17. The van der Waals surface area contributed by atoms with Crippen LogP contribution in [0.25, 0.3) is 0 Å². The Hall–Kier alpha value is -2.34. The second-order valence-electron chi connectivity index (χ2n) is 4.59. The molecule has 108 valence electrons. The zero-order valence-corrected chi connectivity index (χ0v) is 12.3. The normalized spacial score (nSPS) is 10.4. The molecule has 1 N–H and O–H groups in total. The number of carboxylic acids is 1. The van der Waals surface area contributed by atoms with Gasteiger partial charge in [0.1, 0.15) is 4.90 Å². The largest absolute Gasteiger partial charge is 0.478 e. The molecule has 0 atom stereocenters. The van der Waals surface area contributed by atoms with E-state index in [1.165, 1.54) is 18.2 Å². The highest BCUT2D eigenvalue weighted by Gasteiger charge is 2.22. The van der Waals surface area contributed by atoms with Gasteiger partial charge in [0.15, 0.2) is 0 Å². The van der Waals surface area contributed by atoms with Crippen molar-refractivity contribution in [2.45, 2.75) is 23.6 Å². The third kappa shape index (κ3) is 3.22. The average molecular weight is 303 g/mol. The van der Waals surface area contributed by atoms with E-state index in [0.29, 0.717) is 0 Å². The Kier molecular flexibility index (Phi) is 4.28. The van der Waals surface area contributed by atoms with Crippen LogP contribution in [0.2, 0.25) is 0 Å². The zero-order chi connectivity index (χ0) is 15.6. The summed E-state index contributed by atoms with van der Waals surface area (Å²) < 4.78 is 0. The van der Waals surface area contributed by atoms with Crippen molar-refractivity contribution in [2.24, 2.45) is 0 Å². The van der Waals surface area contributed by atoms with Crippen molar-refractivity contribution in [1.29, 1.82) is 0 Å². The molecule has 0 aliphatic carbocycles. The highest BCUT2D eigenvalue weighted by atomic mass is 32.2. The van der Waals surface area contributed by atoms with E-state index in [1.807, 2.05) is 32.0 Å². The summed E-state index contributed by atoms with van der Waals surface area (Å²) in [5.41, 5.74) is 1.70. The number of aromatic carboxylic acids is 1. The molecule has 0 aliphatic rings. The molecule has 0 amide bonds. The number of carbonyl (C=O) groups is 1. The molecule has 2 rings (SSSR count). The fraction of sp³-hybridized carbons (Fsp3) is 0.133. The molecular formula is C15H13NO4S. The molecule has 0 radical (unpaired) electrons. The first kappa shape index (κ1) is 15.1. The predicted octanol–water partition coefficient (Wildman–Crippen LogP) is 4.06. The van der Waals surface area contributed by atoms with Crippen molar-refractivity contribution in [2.75, 3.05) is 0 Å². The summed E-state index contributed by atoms with van der Waals surface area (Å²) in [6, 6.07) is 9.82. The molecule has 6 heteroatoms. The minimum absolute atomic E-state index is 0.0601. The van der Waals surface area contributed by atoms with Crippen molar-refractivity contribution in [3.05, 3.63) is 63.2 Å². The van der Waals surface area contributed by atoms with Gasteiger partial charge in [-0.05, 0) is 37.1 Å². The van der Waals surface area contributed by atoms with E-state index in [-0.39, 0.29) is 16.1 Å². The minimum Gasteiger partial charge on any atom is -0.478 e.